The number of anilines is 1. The summed E-state index contributed by atoms with van der Waals surface area (Å²) in [6.45, 7) is 0.935. The van der Waals surface area contributed by atoms with Gasteiger partial charge in [0.2, 0.25) is 5.95 Å². The van der Waals surface area contributed by atoms with Gasteiger partial charge in [-0.15, -0.1) is 0 Å². The highest BCUT2D eigenvalue weighted by molar-refractivity contribution is 5.51. The van der Waals surface area contributed by atoms with Crippen molar-refractivity contribution in [2.45, 2.75) is 43.5 Å². The van der Waals surface area contributed by atoms with Crippen molar-refractivity contribution in [2.75, 3.05) is 12.3 Å². The molecule has 40 heavy (non-hydrogen) atoms. The quantitative estimate of drug-likeness (QED) is 0.275. The third kappa shape index (κ3) is 5.32. The molecule has 3 aromatic carbocycles. The number of benzene rings is 3. The average Bonchev–Trinajstić information content (AvgIpc) is 3.53. The number of hydrogen-bond acceptors (Lipinski definition) is 8. The Balaban J connectivity index is 1.36. The van der Waals surface area contributed by atoms with E-state index in [-0.39, 0.29) is 19.0 Å². The molecular formula is C31H31N5O4. The number of aromatic nitrogens is 4. The number of aliphatic hydroxyl groups is 1. The molecule has 3 N–H and O–H groups in total. The Hall–Kier alpha value is -4.15. The normalized spacial score (nSPS) is 22.6. The summed E-state index contributed by atoms with van der Waals surface area (Å²) < 4.78 is 20.7. The number of nitrogens with zero attached hydrogens (tertiary/aromatic N) is 4. The number of nitrogen functional groups attached to an aromatic ring is 1. The van der Waals surface area contributed by atoms with Gasteiger partial charge in [-0.05, 0) is 16.7 Å². The van der Waals surface area contributed by atoms with Crippen LogP contribution in [-0.4, -0.2) is 49.1 Å². The summed E-state index contributed by atoms with van der Waals surface area (Å²) in [6, 6.07) is 29.6. The third-order valence-electron chi connectivity index (χ3n) is 7.23. The Morgan fingerprint density at radius 2 is 1.48 bits per heavy atom. The first-order chi connectivity index (χ1) is 19.6. The molecule has 0 spiro atoms. The van der Waals surface area contributed by atoms with Crippen LogP contribution < -0.4 is 5.73 Å². The SMILES string of the molecule is Nc1ncnc2c([C@@H]3O[C@H](COCc4ccccc4)[C@@H](OCc4ccccc4)[C@]3(O)Cc3ccccc3)cnn12. The van der Waals surface area contributed by atoms with Gasteiger partial charge in [0.25, 0.3) is 0 Å². The van der Waals surface area contributed by atoms with Crippen molar-refractivity contribution in [3.05, 3.63) is 126 Å². The lowest BCUT2D eigenvalue weighted by Gasteiger charge is -2.34. The second kappa shape index (κ2) is 11.5. The van der Waals surface area contributed by atoms with Crippen LogP contribution in [-0.2, 0) is 33.8 Å². The molecule has 0 unspecified atom stereocenters. The summed E-state index contributed by atoms with van der Waals surface area (Å²) in [5.74, 6) is 0.195. The second-order valence-corrected chi connectivity index (χ2v) is 9.99. The minimum absolute atomic E-state index is 0.195. The summed E-state index contributed by atoms with van der Waals surface area (Å²) in [5, 5.41) is 17.0. The lowest BCUT2D eigenvalue weighted by atomic mass is 9.82. The topological polar surface area (TPSA) is 117 Å². The second-order valence-electron chi connectivity index (χ2n) is 9.99. The van der Waals surface area contributed by atoms with E-state index in [9.17, 15) is 5.11 Å². The molecule has 5 aromatic rings. The van der Waals surface area contributed by atoms with Crippen LogP contribution in [0, 0.1) is 0 Å². The van der Waals surface area contributed by atoms with Gasteiger partial charge < -0.3 is 25.1 Å². The van der Waals surface area contributed by atoms with Gasteiger partial charge in [0.1, 0.15) is 30.2 Å². The van der Waals surface area contributed by atoms with Crippen molar-refractivity contribution >= 4 is 11.6 Å². The number of nitrogens with two attached hydrogens (primary N) is 1. The molecule has 0 amide bonds. The maximum absolute atomic E-state index is 12.6. The van der Waals surface area contributed by atoms with E-state index in [1.54, 1.807) is 6.20 Å². The summed E-state index contributed by atoms with van der Waals surface area (Å²) >= 11 is 0. The van der Waals surface area contributed by atoms with Crippen LogP contribution in [0.15, 0.2) is 104 Å². The fourth-order valence-corrected chi connectivity index (χ4v) is 5.33. The summed E-state index contributed by atoms with van der Waals surface area (Å²) in [7, 11) is 0. The van der Waals surface area contributed by atoms with Crippen molar-refractivity contribution < 1.29 is 19.3 Å². The van der Waals surface area contributed by atoms with Gasteiger partial charge in [-0.1, -0.05) is 91.0 Å². The predicted molar refractivity (Wildman–Crippen MR) is 149 cm³/mol. The zero-order chi connectivity index (χ0) is 27.4. The van der Waals surface area contributed by atoms with E-state index in [1.165, 1.54) is 10.8 Å². The first-order valence-corrected chi connectivity index (χ1v) is 13.2. The number of fused-ring (bicyclic) bond motifs is 1. The monoisotopic (exact) mass is 537 g/mol. The van der Waals surface area contributed by atoms with Gasteiger partial charge in [0.15, 0.2) is 5.65 Å². The van der Waals surface area contributed by atoms with Crippen LogP contribution in [0.1, 0.15) is 28.4 Å². The van der Waals surface area contributed by atoms with E-state index in [4.69, 9.17) is 19.9 Å². The van der Waals surface area contributed by atoms with Crippen molar-refractivity contribution in [1.82, 2.24) is 19.6 Å². The van der Waals surface area contributed by atoms with Crippen LogP contribution in [0.3, 0.4) is 0 Å². The van der Waals surface area contributed by atoms with Crippen LogP contribution in [0.4, 0.5) is 5.95 Å². The van der Waals surface area contributed by atoms with Crippen LogP contribution in [0.25, 0.3) is 5.65 Å². The molecule has 0 bridgehead atoms. The van der Waals surface area contributed by atoms with Crippen molar-refractivity contribution in [2.24, 2.45) is 0 Å². The maximum Gasteiger partial charge on any atom is 0.224 e. The van der Waals surface area contributed by atoms with E-state index in [0.717, 1.165) is 16.7 Å². The summed E-state index contributed by atoms with van der Waals surface area (Å²) in [4.78, 5) is 8.44. The molecule has 0 saturated carbocycles. The highest BCUT2D eigenvalue weighted by Gasteiger charge is 2.58. The number of hydrogen-bond donors (Lipinski definition) is 2. The maximum atomic E-state index is 12.6. The predicted octanol–water partition coefficient (Wildman–Crippen LogP) is 3.92. The fourth-order valence-electron chi connectivity index (χ4n) is 5.33. The highest BCUT2D eigenvalue weighted by Crippen LogP contribution is 2.46. The Kier molecular flexibility index (Phi) is 7.52. The van der Waals surface area contributed by atoms with E-state index < -0.39 is 23.9 Å². The molecule has 1 aliphatic rings. The van der Waals surface area contributed by atoms with E-state index >= 15 is 0 Å². The number of rotatable bonds is 10. The van der Waals surface area contributed by atoms with Crippen LogP contribution in [0.2, 0.25) is 0 Å². The lowest BCUT2D eigenvalue weighted by Crippen LogP contribution is -2.49. The van der Waals surface area contributed by atoms with E-state index in [2.05, 4.69) is 15.1 Å². The first-order valence-electron chi connectivity index (χ1n) is 13.2. The van der Waals surface area contributed by atoms with Crippen LogP contribution in [0.5, 0.6) is 0 Å². The molecule has 6 rings (SSSR count). The first kappa shape index (κ1) is 26.1. The fraction of sp³-hybridized carbons (Fsp3) is 0.258. The van der Waals surface area contributed by atoms with Gasteiger partial charge in [-0.2, -0.15) is 9.61 Å². The Bertz CT molecular complexity index is 1530. The van der Waals surface area contributed by atoms with Crippen LogP contribution >= 0.6 is 0 Å². The smallest absolute Gasteiger partial charge is 0.224 e. The molecular weight excluding hydrogens is 506 g/mol. The van der Waals surface area contributed by atoms with Gasteiger partial charge >= 0.3 is 0 Å². The minimum Gasteiger partial charge on any atom is -0.384 e. The zero-order valence-corrected chi connectivity index (χ0v) is 21.9. The molecule has 1 saturated heterocycles. The third-order valence-corrected chi connectivity index (χ3v) is 7.23. The van der Waals surface area contributed by atoms with Crippen molar-refractivity contribution in [1.29, 1.82) is 0 Å². The van der Waals surface area contributed by atoms with Crippen molar-refractivity contribution in [3.63, 3.8) is 0 Å². The molecule has 2 aromatic heterocycles. The van der Waals surface area contributed by atoms with Gasteiger partial charge in [-0.25, -0.2) is 9.97 Å². The minimum atomic E-state index is -1.47. The van der Waals surface area contributed by atoms with E-state index in [0.29, 0.717) is 24.4 Å². The zero-order valence-electron chi connectivity index (χ0n) is 21.9. The summed E-state index contributed by atoms with van der Waals surface area (Å²) in [6.07, 6.45) is 1.19. The Morgan fingerprint density at radius 1 is 0.850 bits per heavy atom. The lowest BCUT2D eigenvalue weighted by molar-refractivity contribution is -0.114. The Morgan fingerprint density at radius 3 is 2.15 bits per heavy atom. The summed E-state index contributed by atoms with van der Waals surface area (Å²) in [5.41, 5.74) is 8.64. The molecule has 9 heteroatoms. The average molecular weight is 538 g/mol. The molecule has 0 radical (unpaired) electrons. The molecule has 0 aliphatic carbocycles. The molecule has 9 nitrogen and oxygen atoms in total. The molecule has 3 heterocycles. The van der Waals surface area contributed by atoms with E-state index in [1.807, 2.05) is 91.0 Å². The Labute approximate surface area is 232 Å². The largest absolute Gasteiger partial charge is 0.384 e. The molecule has 204 valence electrons. The van der Waals surface area contributed by atoms with Crippen molar-refractivity contribution in [3.8, 4) is 0 Å². The molecule has 1 aliphatic heterocycles. The number of ether oxygens (including phenoxy) is 3. The molecule has 1 fully saturated rings. The molecule has 4 atom stereocenters. The van der Waals surface area contributed by atoms with Gasteiger partial charge in [0, 0.05) is 12.0 Å². The van der Waals surface area contributed by atoms with Gasteiger partial charge in [0.05, 0.1) is 26.0 Å². The standard InChI is InChI=1S/C31H31N5O4/c32-30-34-21-33-29-25(17-35-36(29)30)27-31(37,16-22-10-4-1-5-11-22)28(39-19-24-14-8-3-9-15-24)26(40-27)20-38-18-23-12-6-2-7-13-23/h1-15,17,21,26-28,37H,16,18-20H2,(H2,32,33,34)/t26-,27+,28-,31+/m1/s1. The van der Waals surface area contributed by atoms with Gasteiger partial charge in [-0.3, -0.25) is 0 Å². The highest BCUT2D eigenvalue weighted by atomic mass is 16.6.